The van der Waals surface area contributed by atoms with Crippen molar-refractivity contribution in [3.05, 3.63) is 72.9 Å². The third kappa shape index (κ3) is 36.2. The molecule has 0 saturated heterocycles. The fourth-order valence-corrected chi connectivity index (χ4v) is 4.76. The summed E-state index contributed by atoms with van der Waals surface area (Å²) in [6.45, 7) is 5.11. The first kappa shape index (κ1) is 42.8. The second kappa shape index (κ2) is 38.0. The van der Waals surface area contributed by atoms with Crippen molar-refractivity contribution in [1.82, 2.24) is 0 Å². The first-order valence-electron chi connectivity index (χ1n) is 18.5. The quantitative estimate of drug-likeness (QED) is 0.0447. The first-order valence-corrected chi connectivity index (χ1v) is 18.5. The highest BCUT2D eigenvalue weighted by molar-refractivity contribution is 5.69. The van der Waals surface area contributed by atoms with Crippen molar-refractivity contribution in [2.24, 2.45) is 0 Å². The topological polar surface area (TPSA) is 55.8 Å². The summed E-state index contributed by atoms with van der Waals surface area (Å²) in [7, 11) is 0. The molecule has 0 aliphatic carbocycles. The molecular weight excluding hydrogens is 556 g/mol. The number of unbranched alkanes of at least 4 members (excludes halogenated alkanes) is 13. The van der Waals surface area contributed by atoms with Gasteiger partial charge in [0.05, 0.1) is 13.2 Å². The van der Waals surface area contributed by atoms with Crippen molar-refractivity contribution in [2.75, 3.05) is 19.8 Å². The fourth-order valence-electron chi connectivity index (χ4n) is 4.76. The van der Waals surface area contributed by atoms with Gasteiger partial charge in [-0.05, 0) is 83.5 Å². The molecule has 0 saturated carbocycles. The fraction of sp³-hybridized carbons (Fsp3) is 0.683. The third-order valence-electron chi connectivity index (χ3n) is 7.52. The number of hydrogen-bond donors (Lipinski definition) is 1. The average molecular weight is 627 g/mol. The van der Waals surface area contributed by atoms with Crippen molar-refractivity contribution in [3.63, 3.8) is 0 Å². The van der Waals surface area contributed by atoms with Crippen LogP contribution in [-0.2, 0) is 14.3 Å². The highest BCUT2D eigenvalue weighted by Crippen LogP contribution is 2.11. The van der Waals surface area contributed by atoms with Gasteiger partial charge in [0, 0.05) is 13.0 Å². The minimum atomic E-state index is -0.558. The van der Waals surface area contributed by atoms with E-state index in [9.17, 15) is 9.90 Å². The van der Waals surface area contributed by atoms with Crippen LogP contribution >= 0.6 is 0 Å². The van der Waals surface area contributed by atoms with E-state index in [1.807, 2.05) is 0 Å². The van der Waals surface area contributed by atoms with Crippen LogP contribution in [0.1, 0.15) is 155 Å². The number of hydrogen-bond acceptors (Lipinski definition) is 4. The number of aliphatic hydroxyl groups excluding tert-OH is 1. The monoisotopic (exact) mass is 627 g/mol. The predicted octanol–water partition coefficient (Wildman–Crippen LogP) is 11.9. The van der Waals surface area contributed by atoms with Crippen molar-refractivity contribution in [3.8, 4) is 0 Å². The Hall–Kier alpha value is -2.17. The maximum absolute atomic E-state index is 12.1. The molecule has 1 unspecified atom stereocenters. The highest BCUT2D eigenvalue weighted by Gasteiger charge is 2.13. The maximum atomic E-state index is 12.1. The largest absolute Gasteiger partial charge is 0.457 e. The van der Waals surface area contributed by atoms with Crippen LogP contribution in [0.5, 0.6) is 0 Å². The molecule has 0 aromatic carbocycles. The van der Waals surface area contributed by atoms with Crippen LogP contribution in [0, 0.1) is 0 Å². The molecule has 0 rings (SSSR count). The standard InChI is InChI=1S/C41H70O4/c1-3-5-7-9-11-13-15-17-19-21-22-24-26-28-30-32-34-36-41(43)45-40(38-42)39-44-37-35-33-31-29-27-25-23-20-18-16-14-12-10-8-6-4-2/h6,8,11-14,17-20,25,27,40,42H,3-5,7,9-10,15-16,21-24,26,28-39H2,1-2H3/b8-6-,13-11-,14-12-,19-17-,20-18-,27-25-. The number of rotatable bonds is 33. The van der Waals surface area contributed by atoms with E-state index >= 15 is 0 Å². The Labute approximate surface area is 278 Å². The van der Waals surface area contributed by atoms with Gasteiger partial charge in [-0.2, -0.15) is 0 Å². The lowest BCUT2D eigenvalue weighted by Crippen LogP contribution is -2.27. The Morgan fingerprint density at radius 3 is 1.51 bits per heavy atom. The Morgan fingerprint density at radius 1 is 0.556 bits per heavy atom. The van der Waals surface area contributed by atoms with Gasteiger partial charge in [-0.25, -0.2) is 0 Å². The Bertz CT molecular complexity index is 789. The molecule has 0 bridgehead atoms. The summed E-state index contributed by atoms with van der Waals surface area (Å²) in [5.74, 6) is -0.224. The predicted molar refractivity (Wildman–Crippen MR) is 196 cm³/mol. The molecule has 0 aromatic heterocycles. The molecular formula is C41H70O4. The molecule has 0 heterocycles. The summed E-state index contributed by atoms with van der Waals surface area (Å²) >= 11 is 0. The van der Waals surface area contributed by atoms with Gasteiger partial charge in [0.15, 0.2) is 0 Å². The van der Waals surface area contributed by atoms with E-state index in [4.69, 9.17) is 9.47 Å². The van der Waals surface area contributed by atoms with Crippen LogP contribution in [0.2, 0.25) is 0 Å². The molecule has 0 aliphatic rings. The smallest absolute Gasteiger partial charge is 0.306 e. The molecule has 4 nitrogen and oxygen atoms in total. The molecule has 1 atom stereocenters. The lowest BCUT2D eigenvalue weighted by Gasteiger charge is -2.15. The molecule has 0 aliphatic heterocycles. The summed E-state index contributed by atoms with van der Waals surface area (Å²) in [4.78, 5) is 12.1. The van der Waals surface area contributed by atoms with Crippen LogP contribution in [0.15, 0.2) is 72.9 Å². The Morgan fingerprint density at radius 2 is 1.00 bits per heavy atom. The van der Waals surface area contributed by atoms with Crippen molar-refractivity contribution in [1.29, 1.82) is 0 Å². The molecule has 0 amide bonds. The summed E-state index contributed by atoms with van der Waals surface area (Å²) in [6.07, 6.45) is 50.8. The van der Waals surface area contributed by atoms with Crippen LogP contribution in [-0.4, -0.2) is 37.0 Å². The summed E-state index contributed by atoms with van der Waals surface area (Å²) in [6, 6.07) is 0. The van der Waals surface area contributed by atoms with Gasteiger partial charge in [0.1, 0.15) is 6.10 Å². The van der Waals surface area contributed by atoms with Gasteiger partial charge in [-0.1, -0.05) is 138 Å². The normalized spacial score (nSPS) is 13.2. The van der Waals surface area contributed by atoms with E-state index in [1.54, 1.807) is 0 Å². The van der Waals surface area contributed by atoms with Crippen molar-refractivity contribution >= 4 is 5.97 Å². The van der Waals surface area contributed by atoms with Crippen LogP contribution in [0.25, 0.3) is 0 Å². The first-order chi connectivity index (χ1) is 22.2. The zero-order valence-electron chi connectivity index (χ0n) is 29.4. The van der Waals surface area contributed by atoms with Crippen molar-refractivity contribution in [2.45, 2.75) is 161 Å². The van der Waals surface area contributed by atoms with E-state index in [2.05, 4.69) is 86.8 Å². The van der Waals surface area contributed by atoms with E-state index in [-0.39, 0.29) is 19.2 Å². The lowest BCUT2D eigenvalue weighted by atomic mass is 10.1. The maximum Gasteiger partial charge on any atom is 0.306 e. The van der Waals surface area contributed by atoms with E-state index in [0.717, 1.165) is 70.6 Å². The minimum Gasteiger partial charge on any atom is -0.457 e. The SMILES string of the molecule is CC/C=C\C/C=C\C/C=C\C/C=C\CCCCCOCC(CO)OC(=O)CCCCCCCCC/C=C\C/C=C\CCCCC. The van der Waals surface area contributed by atoms with E-state index < -0.39 is 6.10 Å². The second-order valence-corrected chi connectivity index (χ2v) is 11.9. The number of allylic oxidation sites excluding steroid dienone is 12. The van der Waals surface area contributed by atoms with Gasteiger partial charge in [0.2, 0.25) is 0 Å². The third-order valence-corrected chi connectivity index (χ3v) is 7.52. The van der Waals surface area contributed by atoms with E-state index in [1.165, 1.54) is 64.2 Å². The molecule has 0 spiro atoms. The minimum absolute atomic E-state index is 0.192. The molecule has 4 heteroatoms. The van der Waals surface area contributed by atoms with Gasteiger partial charge >= 0.3 is 5.97 Å². The zero-order valence-corrected chi connectivity index (χ0v) is 29.4. The number of esters is 1. The number of ether oxygens (including phenoxy) is 2. The number of aliphatic hydroxyl groups is 1. The Balaban J connectivity index is 3.55. The highest BCUT2D eigenvalue weighted by atomic mass is 16.6. The van der Waals surface area contributed by atoms with Gasteiger partial charge in [-0.3, -0.25) is 4.79 Å². The summed E-state index contributed by atoms with van der Waals surface area (Å²) < 4.78 is 11.1. The lowest BCUT2D eigenvalue weighted by molar-refractivity contribution is -0.154. The van der Waals surface area contributed by atoms with E-state index in [0.29, 0.717) is 13.0 Å². The number of carbonyl (C=O) groups excluding carboxylic acids is 1. The van der Waals surface area contributed by atoms with Crippen LogP contribution < -0.4 is 0 Å². The van der Waals surface area contributed by atoms with Crippen LogP contribution in [0.4, 0.5) is 0 Å². The van der Waals surface area contributed by atoms with Gasteiger partial charge < -0.3 is 14.6 Å². The molecule has 0 fully saturated rings. The van der Waals surface area contributed by atoms with Gasteiger partial charge in [0.25, 0.3) is 0 Å². The molecule has 258 valence electrons. The molecule has 0 radical (unpaired) electrons. The van der Waals surface area contributed by atoms with Crippen molar-refractivity contribution < 1.29 is 19.4 Å². The molecule has 0 aromatic rings. The Kier molecular flexibility index (Phi) is 36.2. The summed E-state index contributed by atoms with van der Waals surface area (Å²) in [5.41, 5.74) is 0. The number of carbonyl (C=O) groups is 1. The second-order valence-electron chi connectivity index (χ2n) is 11.9. The zero-order chi connectivity index (χ0) is 32.7. The molecule has 45 heavy (non-hydrogen) atoms. The average Bonchev–Trinajstić information content (AvgIpc) is 3.05. The summed E-state index contributed by atoms with van der Waals surface area (Å²) in [5, 5.41) is 9.56. The van der Waals surface area contributed by atoms with Crippen LogP contribution in [0.3, 0.4) is 0 Å². The molecule has 1 N–H and O–H groups in total. The van der Waals surface area contributed by atoms with Gasteiger partial charge in [-0.15, -0.1) is 0 Å².